The smallest absolute Gasteiger partial charge is 0.416 e. The van der Waals surface area contributed by atoms with Crippen molar-refractivity contribution in [1.82, 2.24) is 4.31 Å². The summed E-state index contributed by atoms with van der Waals surface area (Å²) >= 11 is 0. The third kappa shape index (κ3) is 6.67. The van der Waals surface area contributed by atoms with E-state index in [0.717, 1.165) is 12.1 Å². The first-order valence-electron chi connectivity index (χ1n) is 9.54. The molecule has 0 aliphatic heterocycles. The molecule has 0 fully saturated rings. The van der Waals surface area contributed by atoms with Crippen LogP contribution in [0.4, 0.5) is 13.2 Å². The zero-order valence-electron chi connectivity index (χ0n) is 18.9. The molecule has 9 heteroatoms. The monoisotopic (exact) mass is 446 g/mol. The van der Waals surface area contributed by atoms with Crippen LogP contribution in [0.5, 0.6) is 0 Å². The number of halogens is 3. The minimum atomic E-state index is -4.57. The van der Waals surface area contributed by atoms with Crippen LogP contribution >= 0.6 is 0 Å². The van der Waals surface area contributed by atoms with E-state index in [9.17, 15) is 22.5 Å². The highest BCUT2D eigenvalue weighted by Gasteiger charge is 2.37. The molecular formula is C21H32BF3NO3S. The van der Waals surface area contributed by atoms with Gasteiger partial charge in [-0.1, -0.05) is 23.7 Å². The van der Waals surface area contributed by atoms with Crippen LogP contribution in [0.25, 0.3) is 0 Å². The first-order valence-corrected chi connectivity index (χ1v) is 10.6. The highest BCUT2D eigenvalue weighted by Crippen LogP contribution is 2.33. The minimum Gasteiger partial charge on any atom is -0.427 e. The summed E-state index contributed by atoms with van der Waals surface area (Å²) in [4.78, 5) is 0. The summed E-state index contributed by atoms with van der Waals surface area (Å²) in [5, 5.41) is 10.2. The van der Waals surface area contributed by atoms with Gasteiger partial charge in [0.1, 0.15) is 11.0 Å². The molecule has 2 unspecified atom stereocenters. The van der Waals surface area contributed by atoms with Crippen molar-refractivity contribution >= 4 is 23.9 Å². The maximum atomic E-state index is 13.5. The molecule has 0 amide bonds. The Hall–Kier alpha value is -1.16. The maximum absolute atomic E-state index is 13.5. The van der Waals surface area contributed by atoms with E-state index in [0.29, 0.717) is 0 Å². The second-order valence-corrected chi connectivity index (χ2v) is 11.6. The van der Waals surface area contributed by atoms with Crippen molar-refractivity contribution in [3.05, 3.63) is 42.0 Å². The molecule has 0 spiro atoms. The lowest BCUT2D eigenvalue weighted by Crippen LogP contribution is -2.49. The standard InChI is InChI=1S/C21H32BF3NO3S/c1-10-17(26(9)30(28)18(2,3)4)14-11-15(21(23,24)25)13-16(12-14)22-29-20(7,8)19(5,6)27/h10-13,17,27H,1H2,2-9H3. The fourth-order valence-corrected chi connectivity index (χ4v) is 3.75. The Balaban J connectivity index is 3.40. The molecule has 0 saturated heterocycles. The van der Waals surface area contributed by atoms with Crippen molar-refractivity contribution in [2.75, 3.05) is 7.05 Å². The van der Waals surface area contributed by atoms with E-state index in [-0.39, 0.29) is 11.0 Å². The number of hydrogen-bond acceptors (Lipinski definition) is 3. The number of likely N-dealkylation sites (N-methyl/N-ethyl adjacent to an activating group) is 1. The molecule has 169 valence electrons. The van der Waals surface area contributed by atoms with Crippen LogP contribution in [0, 0.1) is 0 Å². The molecule has 0 heterocycles. The summed E-state index contributed by atoms with van der Waals surface area (Å²) in [5.74, 6) is 0. The van der Waals surface area contributed by atoms with Crippen LogP contribution < -0.4 is 5.46 Å². The van der Waals surface area contributed by atoms with Crippen LogP contribution in [0.2, 0.25) is 0 Å². The number of nitrogens with zero attached hydrogens (tertiary/aromatic N) is 1. The third-order valence-corrected chi connectivity index (χ3v) is 6.81. The Morgan fingerprint density at radius 1 is 1.13 bits per heavy atom. The number of benzene rings is 1. The van der Waals surface area contributed by atoms with E-state index in [2.05, 4.69) is 6.58 Å². The minimum absolute atomic E-state index is 0.180. The summed E-state index contributed by atoms with van der Waals surface area (Å²) in [5.41, 5.74) is -2.64. The molecule has 30 heavy (non-hydrogen) atoms. The average Bonchev–Trinajstić information content (AvgIpc) is 2.57. The predicted octanol–water partition coefficient (Wildman–Crippen LogP) is 4.14. The van der Waals surface area contributed by atoms with Crippen molar-refractivity contribution in [3.8, 4) is 0 Å². The van der Waals surface area contributed by atoms with Gasteiger partial charge in [0.05, 0.1) is 27.6 Å². The Morgan fingerprint density at radius 2 is 1.67 bits per heavy atom. The van der Waals surface area contributed by atoms with Crippen LogP contribution in [0.15, 0.2) is 30.9 Å². The average molecular weight is 446 g/mol. The van der Waals surface area contributed by atoms with Crippen molar-refractivity contribution in [1.29, 1.82) is 0 Å². The third-order valence-electron chi connectivity index (χ3n) is 5.01. The van der Waals surface area contributed by atoms with Gasteiger partial charge < -0.3 is 9.76 Å². The molecular weight excluding hydrogens is 414 g/mol. The number of aliphatic hydroxyl groups is 1. The van der Waals surface area contributed by atoms with Gasteiger partial charge in [0.15, 0.2) is 0 Å². The Morgan fingerprint density at radius 3 is 2.07 bits per heavy atom. The van der Waals surface area contributed by atoms with E-state index in [1.165, 1.54) is 17.9 Å². The van der Waals surface area contributed by atoms with Gasteiger partial charge in [-0.15, -0.1) is 6.58 Å². The van der Waals surface area contributed by atoms with Gasteiger partial charge in [0, 0.05) is 7.05 Å². The molecule has 1 radical (unpaired) electrons. The zero-order chi connectivity index (χ0) is 23.7. The lowest BCUT2D eigenvalue weighted by atomic mass is 9.80. The van der Waals surface area contributed by atoms with Gasteiger partial charge in [0.2, 0.25) is 0 Å². The fourth-order valence-electron chi connectivity index (χ4n) is 2.47. The lowest BCUT2D eigenvalue weighted by Gasteiger charge is -2.37. The van der Waals surface area contributed by atoms with Crippen LogP contribution in [0.3, 0.4) is 0 Å². The molecule has 1 rings (SSSR count). The van der Waals surface area contributed by atoms with Crippen LogP contribution in [-0.2, 0) is 21.8 Å². The van der Waals surface area contributed by atoms with Crippen LogP contribution in [-0.4, -0.2) is 44.1 Å². The second kappa shape index (κ2) is 9.14. The largest absolute Gasteiger partial charge is 0.427 e. The zero-order valence-corrected chi connectivity index (χ0v) is 19.7. The van der Waals surface area contributed by atoms with Crippen molar-refractivity contribution in [3.63, 3.8) is 0 Å². The second-order valence-electron chi connectivity index (χ2n) is 9.28. The van der Waals surface area contributed by atoms with Gasteiger partial charge in [-0.05, 0) is 60.1 Å². The summed E-state index contributed by atoms with van der Waals surface area (Å²) < 4.78 is 59.9. The molecule has 2 atom stereocenters. The quantitative estimate of drug-likeness (QED) is 0.483. The Labute approximate surface area is 181 Å². The van der Waals surface area contributed by atoms with Crippen LogP contribution in [0.1, 0.15) is 65.6 Å². The summed E-state index contributed by atoms with van der Waals surface area (Å²) in [6.07, 6.45) is -3.11. The van der Waals surface area contributed by atoms with E-state index >= 15 is 0 Å². The number of alkyl halides is 3. The van der Waals surface area contributed by atoms with Crippen molar-refractivity contribution in [2.24, 2.45) is 0 Å². The summed E-state index contributed by atoms with van der Waals surface area (Å²) in [6, 6.07) is 2.84. The molecule has 1 aromatic carbocycles. The molecule has 4 nitrogen and oxygen atoms in total. The number of hydrogen-bond donors (Lipinski definition) is 1. The van der Waals surface area contributed by atoms with E-state index in [1.54, 1.807) is 61.6 Å². The maximum Gasteiger partial charge on any atom is 0.416 e. The van der Waals surface area contributed by atoms with E-state index in [4.69, 9.17) is 4.65 Å². The normalized spacial score (nSPS) is 15.8. The first kappa shape index (κ1) is 26.9. The Bertz CT molecular complexity index is 783. The molecule has 1 aromatic rings. The molecule has 0 bridgehead atoms. The molecule has 0 aliphatic rings. The first-order chi connectivity index (χ1) is 13.3. The summed E-state index contributed by atoms with van der Waals surface area (Å²) in [6.45, 7) is 15.5. The van der Waals surface area contributed by atoms with E-state index < -0.39 is 44.7 Å². The topological polar surface area (TPSA) is 49.8 Å². The SMILES string of the molecule is C=CC(c1cc([B]OC(C)(C)C(C)(C)O)cc(C(F)(F)F)c1)N(C)S(=O)C(C)(C)C. The van der Waals surface area contributed by atoms with E-state index in [1.807, 2.05) is 0 Å². The molecule has 0 saturated carbocycles. The molecule has 1 N–H and O–H groups in total. The molecule has 0 aromatic heterocycles. The summed E-state index contributed by atoms with van der Waals surface area (Å²) in [7, 11) is 1.32. The van der Waals surface area contributed by atoms with Crippen molar-refractivity contribution < 1.29 is 27.1 Å². The van der Waals surface area contributed by atoms with Gasteiger partial charge in [-0.3, -0.25) is 0 Å². The molecule has 0 aliphatic carbocycles. The lowest BCUT2D eigenvalue weighted by molar-refractivity contribution is -0.137. The van der Waals surface area contributed by atoms with Crippen molar-refractivity contribution in [2.45, 2.75) is 76.6 Å². The highest BCUT2D eigenvalue weighted by atomic mass is 32.2. The van der Waals surface area contributed by atoms with Gasteiger partial charge in [-0.2, -0.15) is 13.2 Å². The Kier molecular flexibility index (Phi) is 8.19. The predicted molar refractivity (Wildman–Crippen MR) is 117 cm³/mol. The van der Waals surface area contributed by atoms with Gasteiger partial charge in [0.25, 0.3) is 0 Å². The van der Waals surface area contributed by atoms with Gasteiger partial charge >= 0.3 is 13.7 Å². The fraction of sp³-hybridized carbons (Fsp3) is 0.619. The number of rotatable bonds is 8. The van der Waals surface area contributed by atoms with Gasteiger partial charge in [-0.25, -0.2) is 8.51 Å². The highest BCUT2D eigenvalue weighted by molar-refractivity contribution is 7.84.